The van der Waals surface area contributed by atoms with Crippen LogP contribution >= 0.6 is 11.6 Å². The van der Waals surface area contributed by atoms with Crippen LogP contribution < -0.4 is 10.1 Å². The highest BCUT2D eigenvalue weighted by atomic mass is 35.5. The third-order valence-electron chi connectivity index (χ3n) is 2.25. The van der Waals surface area contributed by atoms with E-state index in [9.17, 15) is 9.18 Å². The van der Waals surface area contributed by atoms with Crippen molar-refractivity contribution in [2.75, 3.05) is 12.4 Å². The summed E-state index contributed by atoms with van der Waals surface area (Å²) < 4.78 is 18.0. The molecule has 0 atom stereocenters. The van der Waals surface area contributed by atoms with Crippen molar-refractivity contribution >= 4 is 23.2 Å². The molecule has 0 aliphatic heterocycles. The van der Waals surface area contributed by atoms with Crippen molar-refractivity contribution in [3.63, 3.8) is 0 Å². The van der Waals surface area contributed by atoms with Gasteiger partial charge in [0.15, 0.2) is 0 Å². The van der Waals surface area contributed by atoms with Gasteiger partial charge >= 0.3 is 0 Å². The van der Waals surface area contributed by atoms with Gasteiger partial charge in [-0.3, -0.25) is 4.79 Å². The average Bonchev–Trinajstić information content (AvgIpc) is 2.43. The Balaban J connectivity index is 2.13. The molecule has 19 heavy (non-hydrogen) atoms. The molecule has 1 heterocycles. The molecular weight excluding hydrogens is 273 g/mol. The standard InChI is InChI=1S/C12H9ClFN3O2/c1-19-11-6-15-10(5-16-11)12(18)17-7-2-3-8(13)9(14)4-7/h2-6H,1H3,(H,17,18). The van der Waals surface area contributed by atoms with Gasteiger partial charge in [-0.2, -0.15) is 0 Å². The van der Waals surface area contributed by atoms with E-state index in [1.54, 1.807) is 0 Å². The number of hydrogen-bond acceptors (Lipinski definition) is 4. The van der Waals surface area contributed by atoms with Crippen LogP contribution in [0.2, 0.25) is 5.02 Å². The molecule has 1 aromatic carbocycles. The number of methoxy groups -OCH3 is 1. The number of carbonyl (C=O) groups is 1. The number of nitrogens with one attached hydrogen (secondary N) is 1. The van der Waals surface area contributed by atoms with Gasteiger partial charge < -0.3 is 10.1 Å². The van der Waals surface area contributed by atoms with E-state index < -0.39 is 11.7 Å². The number of aromatic nitrogens is 2. The molecule has 0 saturated heterocycles. The number of carbonyl (C=O) groups excluding carboxylic acids is 1. The predicted octanol–water partition coefficient (Wildman–Crippen LogP) is 2.53. The Morgan fingerprint density at radius 3 is 2.74 bits per heavy atom. The summed E-state index contributed by atoms with van der Waals surface area (Å²) in [7, 11) is 1.44. The van der Waals surface area contributed by atoms with E-state index in [0.29, 0.717) is 5.88 Å². The first kappa shape index (κ1) is 13.2. The second kappa shape index (κ2) is 5.62. The van der Waals surface area contributed by atoms with Crippen LogP contribution in [-0.4, -0.2) is 23.0 Å². The fraction of sp³-hybridized carbons (Fsp3) is 0.0833. The number of halogens is 2. The zero-order chi connectivity index (χ0) is 13.8. The lowest BCUT2D eigenvalue weighted by molar-refractivity contribution is 0.102. The van der Waals surface area contributed by atoms with Crippen LogP contribution in [0.5, 0.6) is 5.88 Å². The minimum atomic E-state index is -0.611. The third-order valence-corrected chi connectivity index (χ3v) is 2.55. The molecule has 2 rings (SSSR count). The van der Waals surface area contributed by atoms with E-state index in [1.807, 2.05) is 0 Å². The maximum atomic E-state index is 13.2. The van der Waals surface area contributed by atoms with Crippen molar-refractivity contribution in [2.45, 2.75) is 0 Å². The zero-order valence-corrected chi connectivity index (χ0v) is 10.6. The molecule has 1 amide bonds. The van der Waals surface area contributed by atoms with Crippen LogP contribution in [0.3, 0.4) is 0 Å². The molecule has 0 bridgehead atoms. The molecule has 0 aliphatic rings. The second-order valence-corrected chi connectivity index (χ2v) is 3.93. The third kappa shape index (κ3) is 3.17. The van der Waals surface area contributed by atoms with Gasteiger partial charge in [0, 0.05) is 5.69 Å². The van der Waals surface area contributed by atoms with Gasteiger partial charge in [-0.25, -0.2) is 14.4 Å². The molecule has 98 valence electrons. The summed E-state index contributed by atoms with van der Waals surface area (Å²) in [4.78, 5) is 19.5. The monoisotopic (exact) mass is 281 g/mol. The molecule has 0 spiro atoms. The Kier molecular flexibility index (Phi) is 3.91. The van der Waals surface area contributed by atoms with Gasteiger partial charge in [-0.15, -0.1) is 0 Å². The van der Waals surface area contributed by atoms with Crippen molar-refractivity contribution in [2.24, 2.45) is 0 Å². The van der Waals surface area contributed by atoms with Crippen LogP contribution in [0.1, 0.15) is 10.5 Å². The average molecular weight is 282 g/mol. The van der Waals surface area contributed by atoms with Crippen LogP contribution in [0.25, 0.3) is 0 Å². The van der Waals surface area contributed by atoms with Crippen molar-refractivity contribution in [3.8, 4) is 5.88 Å². The van der Waals surface area contributed by atoms with Crippen LogP contribution in [0.15, 0.2) is 30.6 Å². The van der Waals surface area contributed by atoms with Crippen LogP contribution in [0.4, 0.5) is 10.1 Å². The van der Waals surface area contributed by atoms with E-state index in [-0.39, 0.29) is 16.4 Å². The van der Waals surface area contributed by atoms with E-state index >= 15 is 0 Å². The maximum absolute atomic E-state index is 13.2. The first-order valence-electron chi connectivity index (χ1n) is 5.22. The van der Waals surface area contributed by atoms with Gasteiger partial charge in [-0.05, 0) is 18.2 Å². The Labute approximate surface area is 113 Å². The van der Waals surface area contributed by atoms with Crippen molar-refractivity contribution < 1.29 is 13.9 Å². The van der Waals surface area contributed by atoms with E-state index in [0.717, 1.165) is 6.07 Å². The summed E-state index contributed by atoms with van der Waals surface area (Å²) in [6, 6.07) is 3.96. The number of rotatable bonds is 3. The number of anilines is 1. The summed E-state index contributed by atoms with van der Waals surface area (Å²) in [6.07, 6.45) is 2.58. The Morgan fingerprint density at radius 1 is 1.37 bits per heavy atom. The molecule has 0 saturated carbocycles. The predicted molar refractivity (Wildman–Crippen MR) is 67.9 cm³/mol. The maximum Gasteiger partial charge on any atom is 0.275 e. The molecule has 1 aromatic heterocycles. The molecule has 0 fully saturated rings. The molecule has 5 nitrogen and oxygen atoms in total. The van der Waals surface area contributed by atoms with Gasteiger partial charge in [0.2, 0.25) is 5.88 Å². The number of ether oxygens (including phenoxy) is 1. The summed E-state index contributed by atoms with van der Waals surface area (Å²) in [5.74, 6) is -0.814. The smallest absolute Gasteiger partial charge is 0.275 e. The first-order chi connectivity index (χ1) is 9.10. The van der Waals surface area contributed by atoms with Crippen molar-refractivity contribution in [1.82, 2.24) is 9.97 Å². The second-order valence-electron chi connectivity index (χ2n) is 3.53. The SMILES string of the molecule is COc1cnc(C(=O)Nc2ccc(Cl)c(F)c2)cn1. The summed E-state index contributed by atoms with van der Waals surface area (Å²) >= 11 is 5.54. The van der Waals surface area contributed by atoms with Gasteiger partial charge in [0.25, 0.3) is 5.91 Å². The van der Waals surface area contributed by atoms with Crippen molar-refractivity contribution in [1.29, 1.82) is 0 Å². The zero-order valence-electron chi connectivity index (χ0n) is 9.85. The van der Waals surface area contributed by atoms with Crippen LogP contribution in [-0.2, 0) is 0 Å². The molecule has 0 unspecified atom stereocenters. The van der Waals surface area contributed by atoms with E-state index in [1.165, 1.54) is 31.6 Å². The number of nitrogens with zero attached hydrogens (tertiary/aromatic N) is 2. The van der Waals surface area contributed by atoms with E-state index in [2.05, 4.69) is 15.3 Å². The highest BCUT2D eigenvalue weighted by molar-refractivity contribution is 6.30. The van der Waals surface area contributed by atoms with Gasteiger partial charge in [-0.1, -0.05) is 11.6 Å². The lowest BCUT2D eigenvalue weighted by Crippen LogP contribution is -2.14. The Bertz CT molecular complexity index is 604. The van der Waals surface area contributed by atoms with Crippen molar-refractivity contribution in [3.05, 3.63) is 47.1 Å². The lowest BCUT2D eigenvalue weighted by atomic mass is 10.3. The topological polar surface area (TPSA) is 64.1 Å². The molecule has 1 N–H and O–H groups in total. The first-order valence-corrected chi connectivity index (χ1v) is 5.60. The summed E-state index contributed by atoms with van der Waals surface area (Å²) in [5.41, 5.74) is 0.376. The molecule has 7 heteroatoms. The summed E-state index contributed by atoms with van der Waals surface area (Å²) in [6.45, 7) is 0. The van der Waals surface area contributed by atoms with Crippen LogP contribution in [0, 0.1) is 5.82 Å². The minimum Gasteiger partial charge on any atom is -0.480 e. The largest absolute Gasteiger partial charge is 0.480 e. The van der Waals surface area contributed by atoms with Gasteiger partial charge in [0.05, 0.1) is 24.5 Å². The number of hydrogen-bond donors (Lipinski definition) is 1. The number of benzene rings is 1. The minimum absolute atomic E-state index is 0.0118. The Morgan fingerprint density at radius 2 is 2.16 bits per heavy atom. The molecule has 0 aliphatic carbocycles. The lowest BCUT2D eigenvalue weighted by Gasteiger charge is -2.05. The Hall–Kier alpha value is -2.21. The molecule has 0 radical (unpaired) electrons. The molecular formula is C12H9ClFN3O2. The van der Waals surface area contributed by atoms with E-state index in [4.69, 9.17) is 16.3 Å². The fourth-order valence-electron chi connectivity index (χ4n) is 1.31. The number of amides is 1. The summed E-state index contributed by atoms with van der Waals surface area (Å²) in [5, 5.41) is 2.47. The normalized spacial score (nSPS) is 10.1. The quantitative estimate of drug-likeness (QED) is 0.939. The van der Waals surface area contributed by atoms with Gasteiger partial charge in [0.1, 0.15) is 11.5 Å². The highest BCUT2D eigenvalue weighted by Gasteiger charge is 2.10. The molecule has 2 aromatic rings. The fourth-order valence-corrected chi connectivity index (χ4v) is 1.43. The highest BCUT2D eigenvalue weighted by Crippen LogP contribution is 2.19.